The lowest BCUT2D eigenvalue weighted by molar-refractivity contribution is -0.144. The lowest BCUT2D eigenvalue weighted by atomic mass is 10.1. The predicted molar refractivity (Wildman–Crippen MR) is 93.9 cm³/mol. The minimum atomic E-state index is -0.586. The van der Waals surface area contributed by atoms with Crippen LogP contribution in [0, 0.1) is 0 Å². The molecule has 0 unspecified atom stereocenters. The third-order valence-corrected chi connectivity index (χ3v) is 3.69. The average molecular weight is 339 g/mol. The zero-order valence-electron chi connectivity index (χ0n) is 14.2. The Hall–Kier alpha value is -2.95. The average Bonchev–Trinajstić information content (AvgIpc) is 2.62. The van der Waals surface area contributed by atoms with Gasteiger partial charge in [0, 0.05) is 19.0 Å². The number of amides is 1. The van der Waals surface area contributed by atoms with Crippen LogP contribution in [0.4, 0.5) is 0 Å². The molecule has 2 rings (SSSR count). The number of hydrogen-bond donors (Lipinski definition) is 0. The number of nitrogens with zero attached hydrogens (tertiary/aromatic N) is 1. The highest BCUT2D eigenvalue weighted by molar-refractivity contribution is 6.05. The number of ketones is 1. The van der Waals surface area contributed by atoms with E-state index in [-0.39, 0.29) is 31.3 Å². The Morgan fingerprint density at radius 3 is 2.12 bits per heavy atom. The summed E-state index contributed by atoms with van der Waals surface area (Å²) >= 11 is 0. The van der Waals surface area contributed by atoms with Crippen molar-refractivity contribution in [3.8, 4) is 0 Å². The molecule has 0 fully saturated rings. The van der Waals surface area contributed by atoms with E-state index in [1.807, 2.05) is 30.3 Å². The molecule has 25 heavy (non-hydrogen) atoms. The van der Waals surface area contributed by atoms with E-state index in [1.54, 1.807) is 35.2 Å². The van der Waals surface area contributed by atoms with Crippen molar-refractivity contribution in [1.82, 2.24) is 4.90 Å². The molecule has 0 saturated heterocycles. The quantitative estimate of drug-likeness (QED) is 0.421. The predicted octanol–water partition coefficient (Wildman–Crippen LogP) is 2.85. The zero-order valence-corrected chi connectivity index (χ0v) is 14.2. The van der Waals surface area contributed by atoms with E-state index in [2.05, 4.69) is 0 Å². The van der Waals surface area contributed by atoms with Crippen LogP contribution in [0.5, 0.6) is 0 Å². The van der Waals surface area contributed by atoms with E-state index in [4.69, 9.17) is 4.74 Å². The third-order valence-electron chi connectivity index (χ3n) is 3.69. The topological polar surface area (TPSA) is 63.7 Å². The fraction of sp³-hybridized carbons (Fsp3) is 0.250. The van der Waals surface area contributed by atoms with E-state index < -0.39 is 5.97 Å². The number of carbonyl (C=O) groups excluding carboxylic acids is 3. The highest BCUT2D eigenvalue weighted by Gasteiger charge is 2.14. The second-order valence-electron chi connectivity index (χ2n) is 5.61. The Balaban J connectivity index is 1.78. The fourth-order valence-electron chi connectivity index (χ4n) is 2.33. The number of benzene rings is 2. The second kappa shape index (κ2) is 9.37. The first-order valence-electron chi connectivity index (χ1n) is 8.09. The molecule has 0 aliphatic carbocycles. The van der Waals surface area contributed by atoms with E-state index in [0.717, 1.165) is 5.56 Å². The van der Waals surface area contributed by atoms with Crippen LogP contribution < -0.4 is 0 Å². The van der Waals surface area contributed by atoms with Gasteiger partial charge in [-0.05, 0) is 5.56 Å². The van der Waals surface area contributed by atoms with Crippen LogP contribution in [0.25, 0.3) is 0 Å². The number of rotatable bonds is 8. The first-order chi connectivity index (χ1) is 12.1. The van der Waals surface area contributed by atoms with Crippen molar-refractivity contribution in [3.05, 3.63) is 71.8 Å². The summed E-state index contributed by atoms with van der Waals surface area (Å²) in [5, 5.41) is 0. The van der Waals surface area contributed by atoms with E-state index in [0.29, 0.717) is 12.1 Å². The molecule has 0 heterocycles. The molecule has 0 aliphatic heterocycles. The van der Waals surface area contributed by atoms with Gasteiger partial charge in [-0.3, -0.25) is 14.4 Å². The molecule has 0 bridgehead atoms. The van der Waals surface area contributed by atoms with Crippen molar-refractivity contribution < 1.29 is 19.1 Å². The fourth-order valence-corrected chi connectivity index (χ4v) is 2.33. The van der Waals surface area contributed by atoms with E-state index >= 15 is 0 Å². The van der Waals surface area contributed by atoms with Crippen LogP contribution in [0.1, 0.15) is 29.3 Å². The highest BCUT2D eigenvalue weighted by Crippen LogP contribution is 2.06. The molecule has 0 atom stereocenters. The third kappa shape index (κ3) is 6.22. The van der Waals surface area contributed by atoms with Crippen LogP contribution in [0.2, 0.25) is 0 Å². The summed E-state index contributed by atoms with van der Waals surface area (Å²) in [5.41, 5.74) is 1.48. The minimum absolute atomic E-state index is 0.0628. The molecule has 0 saturated carbocycles. The minimum Gasteiger partial charge on any atom is -0.463 e. The Morgan fingerprint density at radius 2 is 1.52 bits per heavy atom. The van der Waals surface area contributed by atoms with Crippen molar-refractivity contribution >= 4 is 17.7 Å². The summed E-state index contributed by atoms with van der Waals surface area (Å²) in [6.07, 6.45) is -0.303. The normalized spacial score (nSPS) is 10.1. The summed E-state index contributed by atoms with van der Waals surface area (Å²) in [6.45, 7) is 2.28. The Bertz CT molecular complexity index is 713. The highest BCUT2D eigenvalue weighted by atomic mass is 16.5. The van der Waals surface area contributed by atoms with Crippen LogP contribution in [-0.2, 0) is 20.9 Å². The molecule has 0 aliphatic rings. The summed E-state index contributed by atoms with van der Waals surface area (Å²) in [6, 6.07) is 18.2. The van der Waals surface area contributed by atoms with Gasteiger partial charge in [-0.2, -0.15) is 0 Å². The lowest BCUT2D eigenvalue weighted by Gasteiger charge is -2.21. The number of ether oxygens (including phenoxy) is 1. The van der Waals surface area contributed by atoms with Crippen molar-refractivity contribution in [2.45, 2.75) is 19.9 Å². The van der Waals surface area contributed by atoms with Gasteiger partial charge in [-0.15, -0.1) is 0 Å². The van der Waals surface area contributed by atoms with Crippen molar-refractivity contribution in [1.29, 1.82) is 0 Å². The zero-order chi connectivity index (χ0) is 18.1. The van der Waals surface area contributed by atoms with Crippen molar-refractivity contribution in [3.63, 3.8) is 0 Å². The van der Waals surface area contributed by atoms with Crippen molar-refractivity contribution in [2.24, 2.45) is 0 Å². The van der Waals surface area contributed by atoms with Crippen LogP contribution in [-0.4, -0.2) is 35.7 Å². The molecule has 2 aromatic rings. The molecule has 5 heteroatoms. The van der Waals surface area contributed by atoms with Gasteiger partial charge < -0.3 is 9.64 Å². The van der Waals surface area contributed by atoms with Gasteiger partial charge in [0.2, 0.25) is 5.91 Å². The van der Waals surface area contributed by atoms with Crippen LogP contribution >= 0.6 is 0 Å². The molecule has 0 N–H and O–H groups in total. The monoisotopic (exact) mass is 339 g/mol. The lowest BCUT2D eigenvalue weighted by Crippen LogP contribution is -2.32. The van der Waals surface area contributed by atoms with Gasteiger partial charge in [-0.25, -0.2) is 0 Å². The second-order valence-corrected chi connectivity index (χ2v) is 5.61. The summed E-state index contributed by atoms with van der Waals surface area (Å²) in [4.78, 5) is 37.0. The van der Waals surface area contributed by atoms with Gasteiger partial charge in [0.15, 0.2) is 5.78 Å². The Morgan fingerprint density at radius 1 is 0.920 bits per heavy atom. The first-order valence-corrected chi connectivity index (χ1v) is 8.09. The van der Waals surface area contributed by atoms with E-state index in [9.17, 15) is 14.4 Å². The largest absolute Gasteiger partial charge is 0.463 e. The summed E-state index contributed by atoms with van der Waals surface area (Å²) in [7, 11) is 0. The van der Waals surface area contributed by atoms with E-state index in [1.165, 1.54) is 6.92 Å². The molecule has 5 nitrogen and oxygen atoms in total. The van der Waals surface area contributed by atoms with Crippen LogP contribution in [0.15, 0.2) is 60.7 Å². The summed E-state index contributed by atoms with van der Waals surface area (Å²) < 4.78 is 5.10. The van der Waals surface area contributed by atoms with Crippen molar-refractivity contribution in [2.75, 3.05) is 13.2 Å². The van der Waals surface area contributed by atoms with Gasteiger partial charge in [-0.1, -0.05) is 60.7 Å². The maximum absolute atomic E-state index is 11.9. The molecule has 0 spiro atoms. The van der Waals surface area contributed by atoms with Gasteiger partial charge >= 0.3 is 5.97 Å². The molecule has 0 aromatic heterocycles. The molecule has 130 valence electrons. The number of hydrogen-bond acceptors (Lipinski definition) is 4. The standard InChI is InChI=1S/C20H21NO4/c1-16(22)21(15-17-8-4-2-5-9-17)12-13-25-20(24)14-19(23)18-10-6-3-7-11-18/h2-11H,12-15H2,1H3. The number of carbonyl (C=O) groups is 3. The Labute approximate surface area is 147 Å². The summed E-state index contributed by atoms with van der Waals surface area (Å²) in [5.74, 6) is -0.962. The molecular weight excluding hydrogens is 318 g/mol. The first kappa shape index (κ1) is 18.4. The maximum atomic E-state index is 11.9. The van der Waals surface area contributed by atoms with Gasteiger partial charge in [0.25, 0.3) is 0 Å². The van der Waals surface area contributed by atoms with Crippen LogP contribution in [0.3, 0.4) is 0 Å². The SMILES string of the molecule is CC(=O)N(CCOC(=O)CC(=O)c1ccccc1)Cc1ccccc1. The molecule has 1 amide bonds. The number of Topliss-reactive ketones (excluding diaryl/α,β-unsaturated/α-hetero) is 1. The van der Waals surface area contributed by atoms with Gasteiger partial charge in [0.1, 0.15) is 13.0 Å². The number of esters is 1. The maximum Gasteiger partial charge on any atom is 0.313 e. The molecule has 2 aromatic carbocycles. The van der Waals surface area contributed by atoms with Gasteiger partial charge in [0.05, 0.1) is 6.54 Å². The molecule has 0 radical (unpaired) electrons. The Kier molecular flexibility index (Phi) is 6.89. The smallest absolute Gasteiger partial charge is 0.313 e. The molecular formula is C20H21NO4.